The van der Waals surface area contributed by atoms with E-state index >= 15 is 0 Å². The van der Waals surface area contributed by atoms with Crippen LogP contribution >= 0.6 is 0 Å². The van der Waals surface area contributed by atoms with Gasteiger partial charge in [0, 0.05) is 25.5 Å². The summed E-state index contributed by atoms with van der Waals surface area (Å²) in [5.41, 5.74) is 6.50. The van der Waals surface area contributed by atoms with Crippen molar-refractivity contribution in [2.45, 2.75) is 13.0 Å². The Morgan fingerprint density at radius 1 is 1.24 bits per heavy atom. The summed E-state index contributed by atoms with van der Waals surface area (Å²) in [4.78, 5) is 18.1. The number of carbonyl (C=O) groups is 1. The first-order valence-electron chi connectivity index (χ1n) is 6.85. The number of aromatic nitrogens is 1. The van der Waals surface area contributed by atoms with Crippen LogP contribution in [0.4, 0.5) is 4.39 Å². The van der Waals surface area contributed by atoms with Crippen molar-refractivity contribution in [3.8, 4) is 0 Å². The Labute approximate surface area is 123 Å². The van der Waals surface area contributed by atoms with E-state index < -0.39 is 5.82 Å². The quantitative estimate of drug-likeness (QED) is 0.886. The molecular formula is C16H18FN3O. The topological polar surface area (TPSA) is 59.2 Å². The Balaban J connectivity index is 2.19. The van der Waals surface area contributed by atoms with Crippen molar-refractivity contribution in [2.24, 2.45) is 5.73 Å². The normalized spacial score (nSPS) is 10.4. The Morgan fingerprint density at radius 3 is 2.71 bits per heavy atom. The van der Waals surface area contributed by atoms with Crippen LogP contribution in [-0.2, 0) is 6.54 Å². The van der Waals surface area contributed by atoms with Gasteiger partial charge in [-0.1, -0.05) is 18.2 Å². The van der Waals surface area contributed by atoms with Crippen LogP contribution in [0.1, 0.15) is 22.3 Å². The van der Waals surface area contributed by atoms with Gasteiger partial charge in [0.1, 0.15) is 5.82 Å². The third-order valence-corrected chi connectivity index (χ3v) is 3.12. The maximum atomic E-state index is 13.8. The van der Waals surface area contributed by atoms with Crippen LogP contribution in [0.25, 0.3) is 0 Å². The second-order valence-electron chi connectivity index (χ2n) is 4.71. The zero-order chi connectivity index (χ0) is 15.1. The van der Waals surface area contributed by atoms with Crippen LogP contribution in [-0.4, -0.2) is 28.9 Å². The van der Waals surface area contributed by atoms with Crippen molar-refractivity contribution in [2.75, 3.05) is 13.1 Å². The number of hydrogen-bond acceptors (Lipinski definition) is 3. The van der Waals surface area contributed by atoms with E-state index in [1.54, 1.807) is 29.4 Å². The molecule has 0 fully saturated rings. The highest BCUT2D eigenvalue weighted by atomic mass is 19.1. The predicted molar refractivity (Wildman–Crippen MR) is 79.0 cm³/mol. The summed E-state index contributed by atoms with van der Waals surface area (Å²) in [6.45, 7) is 1.35. The molecular weight excluding hydrogens is 269 g/mol. The summed E-state index contributed by atoms with van der Waals surface area (Å²) in [5.74, 6) is -0.836. The molecule has 2 N–H and O–H groups in total. The second kappa shape index (κ2) is 7.50. The number of hydrogen-bond donors (Lipinski definition) is 1. The van der Waals surface area contributed by atoms with Crippen molar-refractivity contribution >= 4 is 5.91 Å². The SMILES string of the molecule is NCCCN(Cc1cccnc1)C(=O)c1ccccc1F. The molecule has 2 aromatic rings. The van der Waals surface area contributed by atoms with Crippen LogP contribution in [0.15, 0.2) is 48.8 Å². The Hall–Kier alpha value is -2.27. The molecule has 0 bridgehead atoms. The molecule has 0 spiro atoms. The summed E-state index contributed by atoms with van der Waals surface area (Å²) in [6, 6.07) is 9.70. The molecule has 1 amide bonds. The van der Waals surface area contributed by atoms with E-state index in [0.717, 1.165) is 5.56 Å². The van der Waals surface area contributed by atoms with Crippen molar-refractivity contribution in [1.29, 1.82) is 0 Å². The molecule has 0 atom stereocenters. The Bertz CT molecular complexity index is 589. The maximum absolute atomic E-state index is 13.8. The monoisotopic (exact) mass is 287 g/mol. The molecule has 0 aliphatic rings. The maximum Gasteiger partial charge on any atom is 0.257 e. The lowest BCUT2D eigenvalue weighted by molar-refractivity contribution is 0.0737. The van der Waals surface area contributed by atoms with E-state index in [2.05, 4.69) is 4.98 Å². The molecule has 4 nitrogen and oxygen atoms in total. The highest BCUT2D eigenvalue weighted by molar-refractivity contribution is 5.94. The number of benzene rings is 1. The van der Waals surface area contributed by atoms with E-state index in [4.69, 9.17) is 5.73 Å². The summed E-state index contributed by atoms with van der Waals surface area (Å²) in [7, 11) is 0. The fourth-order valence-corrected chi connectivity index (χ4v) is 2.05. The summed E-state index contributed by atoms with van der Waals surface area (Å²) >= 11 is 0. The molecule has 0 radical (unpaired) electrons. The fraction of sp³-hybridized carbons (Fsp3) is 0.250. The van der Waals surface area contributed by atoms with E-state index in [1.807, 2.05) is 12.1 Å². The van der Waals surface area contributed by atoms with Gasteiger partial charge in [0.25, 0.3) is 5.91 Å². The summed E-state index contributed by atoms with van der Waals surface area (Å²) < 4.78 is 13.8. The summed E-state index contributed by atoms with van der Waals surface area (Å²) in [5, 5.41) is 0. The van der Waals surface area contributed by atoms with Gasteiger partial charge in [-0.2, -0.15) is 0 Å². The van der Waals surface area contributed by atoms with Gasteiger partial charge in [-0.15, -0.1) is 0 Å². The van der Waals surface area contributed by atoms with Crippen LogP contribution < -0.4 is 5.73 Å². The van der Waals surface area contributed by atoms with Gasteiger partial charge in [0.15, 0.2) is 0 Å². The van der Waals surface area contributed by atoms with Crippen molar-refractivity contribution in [1.82, 2.24) is 9.88 Å². The molecule has 1 aromatic carbocycles. The van der Waals surface area contributed by atoms with E-state index in [-0.39, 0.29) is 11.5 Å². The van der Waals surface area contributed by atoms with Crippen LogP contribution in [0.3, 0.4) is 0 Å². The molecule has 21 heavy (non-hydrogen) atoms. The number of nitrogens with zero attached hydrogens (tertiary/aromatic N) is 2. The van der Waals surface area contributed by atoms with Gasteiger partial charge in [0.05, 0.1) is 5.56 Å². The number of nitrogens with two attached hydrogens (primary N) is 1. The van der Waals surface area contributed by atoms with E-state index in [9.17, 15) is 9.18 Å². The van der Waals surface area contributed by atoms with Crippen molar-refractivity contribution < 1.29 is 9.18 Å². The minimum absolute atomic E-state index is 0.0819. The van der Waals surface area contributed by atoms with Gasteiger partial charge < -0.3 is 10.6 Å². The first-order chi connectivity index (χ1) is 10.2. The molecule has 1 heterocycles. The minimum atomic E-state index is -0.508. The molecule has 0 saturated heterocycles. The first-order valence-corrected chi connectivity index (χ1v) is 6.85. The van der Waals surface area contributed by atoms with Crippen LogP contribution in [0, 0.1) is 5.82 Å². The Kier molecular flexibility index (Phi) is 5.40. The van der Waals surface area contributed by atoms with Gasteiger partial charge in [0.2, 0.25) is 0 Å². The highest BCUT2D eigenvalue weighted by Gasteiger charge is 2.18. The Morgan fingerprint density at radius 2 is 2.05 bits per heavy atom. The van der Waals surface area contributed by atoms with Crippen LogP contribution in [0.5, 0.6) is 0 Å². The van der Waals surface area contributed by atoms with Crippen molar-refractivity contribution in [3.63, 3.8) is 0 Å². The fourth-order valence-electron chi connectivity index (χ4n) is 2.05. The third-order valence-electron chi connectivity index (χ3n) is 3.12. The molecule has 5 heteroatoms. The lowest BCUT2D eigenvalue weighted by atomic mass is 10.1. The average molecular weight is 287 g/mol. The molecule has 2 rings (SSSR count). The largest absolute Gasteiger partial charge is 0.334 e. The molecule has 1 aromatic heterocycles. The smallest absolute Gasteiger partial charge is 0.257 e. The van der Waals surface area contributed by atoms with E-state index in [1.165, 1.54) is 12.1 Å². The number of amides is 1. The van der Waals surface area contributed by atoms with Crippen LogP contribution in [0.2, 0.25) is 0 Å². The first kappa shape index (κ1) is 15.1. The average Bonchev–Trinajstić information content (AvgIpc) is 2.52. The molecule has 0 aliphatic heterocycles. The number of carbonyl (C=O) groups excluding carboxylic acids is 1. The lowest BCUT2D eigenvalue weighted by Crippen LogP contribution is -2.33. The molecule has 0 saturated carbocycles. The summed E-state index contributed by atoms with van der Waals surface area (Å²) in [6.07, 6.45) is 4.04. The van der Waals surface area contributed by atoms with Gasteiger partial charge in [-0.3, -0.25) is 9.78 Å². The predicted octanol–water partition coefficient (Wildman–Crippen LogP) is 2.21. The van der Waals surface area contributed by atoms with Gasteiger partial charge in [-0.05, 0) is 36.7 Å². The zero-order valence-electron chi connectivity index (χ0n) is 11.7. The minimum Gasteiger partial charge on any atom is -0.334 e. The van der Waals surface area contributed by atoms with Gasteiger partial charge in [-0.25, -0.2) is 4.39 Å². The van der Waals surface area contributed by atoms with Gasteiger partial charge >= 0.3 is 0 Å². The number of pyridine rings is 1. The number of halogens is 1. The van der Waals surface area contributed by atoms with Crippen molar-refractivity contribution in [3.05, 3.63) is 65.7 Å². The second-order valence-corrected chi connectivity index (χ2v) is 4.71. The number of rotatable bonds is 6. The molecule has 0 aliphatic carbocycles. The molecule has 110 valence electrons. The standard InChI is InChI=1S/C16H18FN3O/c17-15-7-2-1-6-14(15)16(21)20(10-4-8-18)12-13-5-3-9-19-11-13/h1-3,5-7,9,11H,4,8,10,12,18H2. The highest BCUT2D eigenvalue weighted by Crippen LogP contribution is 2.13. The third kappa shape index (κ3) is 4.10. The zero-order valence-corrected chi connectivity index (χ0v) is 11.7. The van der Waals surface area contributed by atoms with E-state index in [0.29, 0.717) is 26.1 Å². The lowest BCUT2D eigenvalue weighted by Gasteiger charge is -2.22. The molecule has 0 unspecified atom stereocenters.